The van der Waals surface area contributed by atoms with E-state index in [9.17, 15) is 14.4 Å². The average Bonchev–Trinajstić information content (AvgIpc) is 3.27. The van der Waals surface area contributed by atoms with Gasteiger partial charge in [-0.2, -0.15) is 0 Å². The summed E-state index contributed by atoms with van der Waals surface area (Å²) in [6.07, 6.45) is 0. The number of anilines is 1. The average molecular weight is 405 g/mol. The van der Waals surface area contributed by atoms with Crippen molar-refractivity contribution in [1.29, 1.82) is 0 Å². The Morgan fingerprint density at radius 1 is 1.03 bits per heavy atom. The Labute approximate surface area is 170 Å². The first kappa shape index (κ1) is 17.6. The summed E-state index contributed by atoms with van der Waals surface area (Å²) in [5.41, 5.74) is 2.85. The molecule has 144 valence electrons. The van der Waals surface area contributed by atoms with Gasteiger partial charge in [0.1, 0.15) is 12.4 Å². The number of hydrogen-bond acceptors (Lipinski definition) is 6. The number of carbonyl (C=O) groups excluding carboxylic acids is 3. The SMILES string of the molecule is Cc1nc(-c2ccc3c(c2)N(CN2C(=O)c4ccccc4C2=O)C(=O)CO3)cs1. The van der Waals surface area contributed by atoms with Crippen LogP contribution in [0.25, 0.3) is 11.3 Å². The van der Waals surface area contributed by atoms with Gasteiger partial charge in [-0.25, -0.2) is 4.98 Å². The zero-order chi connectivity index (χ0) is 20.1. The highest BCUT2D eigenvalue weighted by Crippen LogP contribution is 2.37. The summed E-state index contributed by atoms with van der Waals surface area (Å²) < 4.78 is 5.54. The van der Waals surface area contributed by atoms with Crippen LogP contribution < -0.4 is 9.64 Å². The molecule has 1 aromatic heterocycles. The van der Waals surface area contributed by atoms with Crippen LogP contribution in [0.4, 0.5) is 5.69 Å². The number of rotatable bonds is 3. The van der Waals surface area contributed by atoms with Crippen LogP contribution in [0.3, 0.4) is 0 Å². The van der Waals surface area contributed by atoms with E-state index in [-0.39, 0.29) is 19.2 Å². The summed E-state index contributed by atoms with van der Waals surface area (Å²) >= 11 is 1.54. The van der Waals surface area contributed by atoms with Gasteiger partial charge in [0, 0.05) is 10.9 Å². The van der Waals surface area contributed by atoms with Gasteiger partial charge < -0.3 is 4.74 Å². The molecule has 0 atom stereocenters. The van der Waals surface area contributed by atoms with E-state index < -0.39 is 11.8 Å². The van der Waals surface area contributed by atoms with Crippen LogP contribution >= 0.6 is 11.3 Å². The van der Waals surface area contributed by atoms with E-state index in [4.69, 9.17) is 4.74 Å². The van der Waals surface area contributed by atoms with E-state index in [0.29, 0.717) is 22.6 Å². The summed E-state index contributed by atoms with van der Waals surface area (Å²) in [6.45, 7) is 1.61. The number of imide groups is 1. The molecule has 2 aliphatic heterocycles. The summed E-state index contributed by atoms with van der Waals surface area (Å²) in [4.78, 5) is 45.1. The van der Waals surface area contributed by atoms with Crippen molar-refractivity contribution in [2.75, 3.05) is 18.2 Å². The molecular formula is C21H15N3O4S. The smallest absolute Gasteiger partial charge is 0.266 e. The monoisotopic (exact) mass is 405 g/mol. The Kier molecular flexibility index (Phi) is 3.95. The van der Waals surface area contributed by atoms with Gasteiger partial charge in [-0.05, 0) is 37.3 Å². The number of aryl methyl sites for hydroxylation is 1. The zero-order valence-corrected chi connectivity index (χ0v) is 16.2. The van der Waals surface area contributed by atoms with E-state index in [0.717, 1.165) is 21.2 Å². The second-order valence-electron chi connectivity index (χ2n) is 6.77. The number of hydrogen-bond donors (Lipinski definition) is 0. The molecule has 0 bridgehead atoms. The van der Waals surface area contributed by atoms with Crippen LogP contribution in [0.15, 0.2) is 47.8 Å². The third-order valence-corrected chi connectivity index (χ3v) is 5.75. The Hall–Kier alpha value is -3.52. The normalized spacial score (nSPS) is 15.4. The minimum Gasteiger partial charge on any atom is -0.482 e. The van der Waals surface area contributed by atoms with Crippen molar-refractivity contribution in [3.63, 3.8) is 0 Å². The molecule has 0 unspecified atom stereocenters. The fraction of sp³-hybridized carbons (Fsp3) is 0.143. The summed E-state index contributed by atoms with van der Waals surface area (Å²) in [7, 11) is 0. The summed E-state index contributed by atoms with van der Waals surface area (Å²) in [6, 6.07) is 12.1. The van der Waals surface area contributed by atoms with E-state index in [1.54, 1.807) is 36.4 Å². The lowest BCUT2D eigenvalue weighted by molar-refractivity contribution is -0.121. The van der Waals surface area contributed by atoms with Crippen molar-refractivity contribution >= 4 is 34.7 Å². The second-order valence-corrected chi connectivity index (χ2v) is 7.83. The lowest BCUT2D eigenvalue weighted by atomic mass is 10.1. The molecule has 5 rings (SSSR count). The lowest BCUT2D eigenvalue weighted by Crippen LogP contribution is -2.47. The third-order valence-electron chi connectivity index (χ3n) is 4.98. The molecule has 0 saturated heterocycles. The van der Waals surface area contributed by atoms with E-state index >= 15 is 0 Å². The van der Waals surface area contributed by atoms with Gasteiger partial charge in [0.05, 0.1) is 27.5 Å². The first-order valence-corrected chi connectivity index (χ1v) is 9.86. The number of benzene rings is 2. The van der Waals surface area contributed by atoms with Gasteiger partial charge in [0.15, 0.2) is 6.61 Å². The van der Waals surface area contributed by atoms with Crippen molar-refractivity contribution in [2.45, 2.75) is 6.92 Å². The molecule has 0 saturated carbocycles. The maximum atomic E-state index is 12.7. The quantitative estimate of drug-likeness (QED) is 0.626. The number of fused-ring (bicyclic) bond motifs is 2. The number of nitrogens with zero attached hydrogens (tertiary/aromatic N) is 3. The molecule has 8 heteroatoms. The molecule has 2 aliphatic rings. The van der Waals surface area contributed by atoms with Crippen LogP contribution in [0, 0.1) is 6.92 Å². The minimum atomic E-state index is -0.405. The van der Waals surface area contributed by atoms with Crippen LogP contribution in [0.5, 0.6) is 5.75 Å². The van der Waals surface area contributed by atoms with Crippen molar-refractivity contribution in [1.82, 2.24) is 9.88 Å². The molecule has 0 N–H and O–H groups in total. The van der Waals surface area contributed by atoms with Crippen molar-refractivity contribution in [2.24, 2.45) is 0 Å². The van der Waals surface area contributed by atoms with Crippen LogP contribution in [0.2, 0.25) is 0 Å². The standard InChI is InChI=1S/C21H15N3O4S/c1-12-22-16(10-29-12)13-6-7-18-17(8-13)23(19(25)9-28-18)11-24-20(26)14-4-2-3-5-15(14)21(24)27/h2-8,10H,9,11H2,1H3. The number of carbonyl (C=O) groups is 3. The minimum absolute atomic E-state index is 0.147. The highest BCUT2D eigenvalue weighted by Gasteiger charge is 2.38. The van der Waals surface area contributed by atoms with Crippen LogP contribution in [-0.2, 0) is 4.79 Å². The molecule has 0 aliphatic carbocycles. The Morgan fingerprint density at radius 3 is 2.41 bits per heavy atom. The fourth-order valence-electron chi connectivity index (χ4n) is 3.52. The number of ether oxygens (including phenoxy) is 1. The Bertz CT molecular complexity index is 1150. The second kappa shape index (κ2) is 6.52. The van der Waals surface area contributed by atoms with Gasteiger partial charge >= 0.3 is 0 Å². The molecule has 29 heavy (non-hydrogen) atoms. The summed E-state index contributed by atoms with van der Waals surface area (Å²) in [5.74, 6) is -0.604. The highest BCUT2D eigenvalue weighted by atomic mass is 32.1. The Morgan fingerprint density at radius 2 is 1.76 bits per heavy atom. The number of amides is 3. The summed E-state index contributed by atoms with van der Waals surface area (Å²) in [5, 5.41) is 2.88. The molecule has 0 spiro atoms. The molecule has 7 nitrogen and oxygen atoms in total. The Balaban J connectivity index is 1.51. The predicted molar refractivity (Wildman–Crippen MR) is 107 cm³/mol. The van der Waals surface area contributed by atoms with Crippen molar-refractivity contribution in [3.05, 3.63) is 64.0 Å². The fourth-order valence-corrected chi connectivity index (χ4v) is 4.14. The number of aromatic nitrogens is 1. The molecule has 3 amide bonds. The highest BCUT2D eigenvalue weighted by molar-refractivity contribution is 7.09. The molecule has 3 aromatic rings. The van der Waals surface area contributed by atoms with Crippen molar-refractivity contribution < 1.29 is 19.1 Å². The third kappa shape index (κ3) is 2.80. The van der Waals surface area contributed by atoms with Gasteiger partial charge in [-0.1, -0.05) is 12.1 Å². The topological polar surface area (TPSA) is 79.8 Å². The predicted octanol–water partition coefficient (Wildman–Crippen LogP) is 3.10. The largest absolute Gasteiger partial charge is 0.482 e. The van der Waals surface area contributed by atoms with Crippen molar-refractivity contribution in [3.8, 4) is 17.0 Å². The van der Waals surface area contributed by atoms with E-state index in [1.165, 1.54) is 16.2 Å². The zero-order valence-electron chi connectivity index (χ0n) is 15.4. The molecule has 3 heterocycles. The van der Waals surface area contributed by atoms with Gasteiger partial charge in [0.25, 0.3) is 17.7 Å². The van der Waals surface area contributed by atoms with Gasteiger partial charge in [-0.15, -0.1) is 11.3 Å². The lowest BCUT2D eigenvalue weighted by Gasteiger charge is -2.32. The molecule has 0 radical (unpaired) electrons. The van der Waals surface area contributed by atoms with Crippen LogP contribution in [0.1, 0.15) is 25.7 Å². The maximum absolute atomic E-state index is 12.7. The van der Waals surface area contributed by atoms with E-state index in [2.05, 4.69) is 4.98 Å². The first-order valence-electron chi connectivity index (χ1n) is 8.98. The first-order chi connectivity index (χ1) is 14.0. The molecular weight excluding hydrogens is 390 g/mol. The number of thiazole rings is 1. The van der Waals surface area contributed by atoms with E-state index in [1.807, 2.05) is 18.4 Å². The maximum Gasteiger partial charge on any atom is 0.266 e. The van der Waals surface area contributed by atoms with Gasteiger partial charge in [0.2, 0.25) is 0 Å². The van der Waals surface area contributed by atoms with Gasteiger partial charge in [-0.3, -0.25) is 24.2 Å². The molecule has 0 fully saturated rings. The van der Waals surface area contributed by atoms with Crippen LogP contribution in [-0.4, -0.2) is 40.9 Å². The molecule has 2 aromatic carbocycles.